The van der Waals surface area contributed by atoms with Crippen LogP contribution in [0.2, 0.25) is 0 Å². The Morgan fingerprint density at radius 1 is 1.36 bits per heavy atom. The van der Waals surface area contributed by atoms with Gasteiger partial charge in [0.25, 0.3) is 0 Å². The fourth-order valence-corrected chi connectivity index (χ4v) is 3.69. The highest BCUT2D eigenvalue weighted by Gasteiger charge is 2.26. The third-order valence-electron chi connectivity index (χ3n) is 4.00. The second-order valence-corrected chi connectivity index (χ2v) is 7.86. The Bertz CT molecular complexity index is 601. The molecule has 2 rings (SSSR count). The number of nitrogens with one attached hydrogen (secondary N) is 1. The standard InChI is InChI=1S/C16H24N2O3S/c1-13(14-7-4-3-5-8-14)11-16(19)18-10-6-9-15(12-18)17-22(2,20)21/h3-5,7-8,13,15,17H,6,9-12H2,1-2H3/t13-,15+/m0/s1. The second kappa shape index (κ2) is 7.24. The maximum absolute atomic E-state index is 12.4. The molecule has 22 heavy (non-hydrogen) atoms. The van der Waals surface area contributed by atoms with Crippen molar-refractivity contribution < 1.29 is 13.2 Å². The maximum Gasteiger partial charge on any atom is 0.223 e. The fourth-order valence-electron chi connectivity index (χ4n) is 2.89. The van der Waals surface area contributed by atoms with Gasteiger partial charge in [-0.2, -0.15) is 0 Å². The second-order valence-electron chi connectivity index (χ2n) is 6.08. The number of carbonyl (C=O) groups is 1. The molecule has 122 valence electrons. The van der Waals surface area contributed by atoms with E-state index in [9.17, 15) is 13.2 Å². The number of likely N-dealkylation sites (tertiary alicyclic amines) is 1. The Hall–Kier alpha value is -1.40. The van der Waals surface area contributed by atoms with Gasteiger partial charge in [0.15, 0.2) is 0 Å². The molecule has 0 bridgehead atoms. The fraction of sp³-hybridized carbons (Fsp3) is 0.562. The lowest BCUT2D eigenvalue weighted by Gasteiger charge is -2.33. The van der Waals surface area contributed by atoms with Gasteiger partial charge in [-0.25, -0.2) is 13.1 Å². The number of hydrogen-bond donors (Lipinski definition) is 1. The zero-order valence-electron chi connectivity index (χ0n) is 13.2. The lowest BCUT2D eigenvalue weighted by molar-refractivity contribution is -0.132. The van der Waals surface area contributed by atoms with Crippen LogP contribution in [0.25, 0.3) is 0 Å². The summed E-state index contributed by atoms with van der Waals surface area (Å²) in [5, 5.41) is 0. The molecule has 1 aliphatic rings. The van der Waals surface area contributed by atoms with Crippen molar-refractivity contribution in [1.82, 2.24) is 9.62 Å². The van der Waals surface area contributed by atoms with E-state index in [4.69, 9.17) is 0 Å². The summed E-state index contributed by atoms with van der Waals surface area (Å²) in [6, 6.07) is 9.81. The molecule has 1 aromatic carbocycles. The first-order valence-corrected chi connectivity index (χ1v) is 9.54. The van der Waals surface area contributed by atoms with Gasteiger partial charge in [-0.3, -0.25) is 4.79 Å². The van der Waals surface area contributed by atoms with Crippen molar-refractivity contribution in [1.29, 1.82) is 0 Å². The molecule has 0 unspecified atom stereocenters. The minimum atomic E-state index is -3.23. The van der Waals surface area contributed by atoms with Crippen LogP contribution in [0.15, 0.2) is 30.3 Å². The molecule has 5 nitrogen and oxygen atoms in total. The summed E-state index contributed by atoms with van der Waals surface area (Å²) < 4.78 is 25.3. The summed E-state index contributed by atoms with van der Waals surface area (Å²) in [6.07, 6.45) is 3.23. The smallest absolute Gasteiger partial charge is 0.223 e. The van der Waals surface area contributed by atoms with Gasteiger partial charge in [0, 0.05) is 25.6 Å². The molecule has 0 aliphatic carbocycles. The minimum Gasteiger partial charge on any atom is -0.341 e. The third-order valence-corrected chi connectivity index (χ3v) is 4.77. The Labute approximate surface area is 132 Å². The number of benzene rings is 1. The van der Waals surface area contributed by atoms with E-state index in [0.29, 0.717) is 19.5 Å². The lowest BCUT2D eigenvalue weighted by Crippen LogP contribution is -2.49. The molecule has 1 saturated heterocycles. The third kappa shape index (κ3) is 5.10. The number of carbonyl (C=O) groups excluding carboxylic acids is 1. The molecule has 1 aromatic rings. The average molecular weight is 324 g/mol. The monoisotopic (exact) mass is 324 g/mol. The minimum absolute atomic E-state index is 0.0938. The quantitative estimate of drug-likeness (QED) is 0.897. The van der Waals surface area contributed by atoms with Gasteiger partial charge in [-0.15, -0.1) is 0 Å². The van der Waals surface area contributed by atoms with E-state index in [-0.39, 0.29) is 17.9 Å². The van der Waals surface area contributed by atoms with Crippen molar-refractivity contribution in [2.45, 2.75) is 38.1 Å². The molecule has 6 heteroatoms. The van der Waals surface area contributed by atoms with Crippen LogP contribution in [0.1, 0.15) is 37.7 Å². The van der Waals surface area contributed by atoms with Crippen LogP contribution in [0.3, 0.4) is 0 Å². The number of piperidine rings is 1. The van der Waals surface area contributed by atoms with Gasteiger partial charge in [-0.1, -0.05) is 37.3 Å². The lowest BCUT2D eigenvalue weighted by atomic mass is 9.96. The van der Waals surface area contributed by atoms with Gasteiger partial charge in [0.1, 0.15) is 0 Å². The molecule has 0 aromatic heterocycles. The first kappa shape index (κ1) is 17.0. The summed E-state index contributed by atoms with van der Waals surface area (Å²) >= 11 is 0. The van der Waals surface area contributed by atoms with Crippen LogP contribution >= 0.6 is 0 Å². The van der Waals surface area contributed by atoms with Crippen molar-refractivity contribution in [2.75, 3.05) is 19.3 Å². The molecule has 0 spiro atoms. The first-order valence-electron chi connectivity index (χ1n) is 7.65. The van der Waals surface area contributed by atoms with E-state index in [2.05, 4.69) is 4.72 Å². The molecule has 0 saturated carbocycles. The van der Waals surface area contributed by atoms with Crippen molar-refractivity contribution in [3.63, 3.8) is 0 Å². The van der Waals surface area contributed by atoms with E-state index in [1.54, 1.807) is 4.90 Å². The summed E-state index contributed by atoms with van der Waals surface area (Å²) in [5.74, 6) is 0.258. The number of amides is 1. The van der Waals surface area contributed by atoms with E-state index in [1.807, 2.05) is 37.3 Å². The average Bonchev–Trinajstić information content (AvgIpc) is 2.46. The van der Waals surface area contributed by atoms with E-state index in [1.165, 1.54) is 0 Å². The topological polar surface area (TPSA) is 66.5 Å². The maximum atomic E-state index is 12.4. The molecule has 1 amide bonds. The molecule has 0 radical (unpaired) electrons. The van der Waals surface area contributed by atoms with Crippen LogP contribution in [0.5, 0.6) is 0 Å². The predicted octanol–water partition coefficient (Wildman–Crippen LogP) is 1.72. The molecular weight excluding hydrogens is 300 g/mol. The Morgan fingerprint density at radius 2 is 2.05 bits per heavy atom. The number of hydrogen-bond acceptors (Lipinski definition) is 3. The van der Waals surface area contributed by atoms with Crippen LogP contribution in [-0.4, -0.2) is 44.6 Å². The van der Waals surface area contributed by atoms with Crippen molar-refractivity contribution >= 4 is 15.9 Å². The Balaban J connectivity index is 1.92. The van der Waals surface area contributed by atoms with Crippen LogP contribution in [-0.2, 0) is 14.8 Å². The molecule has 1 aliphatic heterocycles. The summed E-state index contributed by atoms with van der Waals surface area (Å²) in [7, 11) is -3.23. The first-order chi connectivity index (χ1) is 10.3. The molecule has 1 fully saturated rings. The van der Waals surface area contributed by atoms with Crippen molar-refractivity contribution in [3.05, 3.63) is 35.9 Å². The van der Waals surface area contributed by atoms with Crippen molar-refractivity contribution in [2.24, 2.45) is 0 Å². The number of sulfonamides is 1. The van der Waals surface area contributed by atoms with Gasteiger partial charge in [0.05, 0.1) is 6.26 Å². The number of rotatable bonds is 5. The van der Waals surface area contributed by atoms with Crippen molar-refractivity contribution in [3.8, 4) is 0 Å². The zero-order chi connectivity index (χ0) is 16.2. The van der Waals surface area contributed by atoms with Crippen LogP contribution in [0.4, 0.5) is 0 Å². The van der Waals surface area contributed by atoms with E-state index >= 15 is 0 Å². The SMILES string of the molecule is C[C@@H](CC(=O)N1CCC[C@@H](NS(C)(=O)=O)C1)c1ccccc1. The molecule has 1 heterocycles. The molecule has 2 atom stereocenters. The van der Waals surface area contributed by atoms with E-state index < -0.39 is 10.0 Å². The predicted molar refractivity (Wildman–Crippen MR) is 87.1 cm³/mol. The molecular formula is C16H24N2O3S. The van der Waals surface area contributed by atoms with Crippen LogP contribution in [0, 0.1) is 0 Å². The highest BCUT2D eigenvalue weighted by atomic mass is 32.2. The normalized spacial score (nSPS) is 20.6. The highest BCUT2D eigenvalue weighted by molar-refractivity contribution is 7.88. The van der Waals surface area contributed by atoms with Crippen LogP contribution < -0.4 is 4.72 Å². The Kier molecular flexibility index (Phi) is 5.58. The summed E-state index contributed by atoms with van der Waals surface area (Å²) in [6.45, 7) is 3.22. The zero-order valence-corrected chi connectivity index (χ0v) is 14.0. The summed E-state index contributed by atoms with van der Waals surface area (Å²) in [5.41, 5.74) is 1.15. The number of nitrogens with zero attached hydrogens (tertiary/aromatic N) is 1. The van der Waals surface area contributed by atoms with Gasteiger partial charge < -0.3 is 4.90 Å². The van der Waals surface area contributed by atoms with E-state index in [0.717, 1.165) is 24.7 Å². The van der Waals surface area contributed by atoms with Gasteiger partial charge in [-0.05, 0) is 24.3 Å². The van der Waals surface area contributed by atoms with Gasteiger partial charge in [0.2, 0.25) is 15.9 Å². The summed E-state index contributed by atoms with van der Waals surface area (Å²) in [4.78, 5) is 14.2. The van der Waals surface area contributed by atoms with Gasteiger partial charge >= 0.3 is 0 Å². The highest BCUT2D eigenvalue weighted by Crippen LogP contribution is 2.21. The Morgan fingerprint density at radius 3 is 2.68 bits per heavy atom. The largest absolute Gasteiger partial charge is 0.341 e. The molecule has 1 N–H and O–H groups in total.